The fraction of sp³-hybridized carbons (Fsp3) is 0.167. The molecule has 1 aliphatic heterocycles. The molecule has 2 atom stereocenters. The number of rotatable bonds is 3. The summed E-state index contributed by atoms with van der Waals surface area (Å²) in [6.07, 6.45) is 0. The van der Waals surface area contributed by atoms with Crippen LogP contribution in [0.1, 0.15) is 18.5 Å². The van der Waals surface area contributed by atoms with E-state index in [0.717, 1.165) is 5.56 Å². The number of thiocarbonyl (C=S) groups is 1. The molecule has 2 unspecified atom stereocenters. The van der Waals surface area contributed by atoms with Crippen LogP contribution in [-0.2, 0) is 4.79 Å². The molecular formula is C18H15Cl2N3OS. The van der Waals surface area contributed by atoms with Crippen LogP contribution >= 0.6 is 35.4 Å². The predicted molar refractivity (Wildman–Crippen MR) is 107 cm³/mol. The quantitative estimate of drug-likeness (QED) is 0.749. The molecule has 1 aliphatic rings. The molecule has 0 bridgehead atoms. The van der Waals surface area contributed by atoms with E-state index < -0.39 is 12.0 Å². The summed E-state index contributed by atoms with van der Waals surface area (Å²) < 4.78 is 0. The van der Waals surface area contributed by atoms with Gasteiger partial charge in [-0.3, -0.25) is 4.79 Å². The minimum atomic E-state index is -0.567. The van der Waals surface area contributed by atoms with Crippen LogP contribution in [0, 0.1) is 5.92 Å². The first-order valence-corrected chi connectivity index (χ1v) is 8.79. The Morgan fingerprint density at radius 3 is 2.44 bits per heavy atom. The van der Waals surface area contributed by atoms with Crippen LogP contribution in [0.5, 0.6) is 0 Å². The van der Waals surface area contributed by atoms with Gasteiger partial charge in [-0.2, -0.15) is 0 Å². The zero-order chi connectivity index (χ0) is 18.0. The summed E-state index contributed by atoms with van der Waals surface area (Å²) in [6, 6.07) is 14.0. The molecule has 7 heteroatoms. The second-order valence-corrected chi connectivity index (χ2v) is 6.85. The average molecular weight is 392 g/mol. The topological polar surface area (TPSA) is 53.5 Å². The van der Waals surface area contributed by atoms with E-state index in [1.807, 2.05) is 24.3 Å². The number of nitrogens with zero attached hydrogens (tertiary/aromatic N) is 1. The number of para-hydroxylation sites is 1. The molecule has 0 spiro atoms. The van der Waals surface area contributed by atoms with Gasteiger partial charge in [-0.15, -0.1) is 0 Å². The van der Waals surface area contributed by atoms with Crippen molar-refractivity contribution >= 4 is 57.8 Å². The molecule has 1 heterocycles. The maximum absolute atomic E-state index is 13.0. The Hall–Kier alpha value is -1.95. The lowest BCUT2D eigenvalue weighted by Crippen LogP contribution is -2.45. The summed E-state index contributed by atoms with van der Waals surface area (Å²) in [6.45, 7) is 1.79. The van der Waals surface area contributed by atoms with Gasteiger partial charge in [0, 0.05) is 10.7 Å². The van der Waals surface area contributed by atoms with Crippen molar-refractivity contribution in [3.05, 3.63) is 64.1 Å². The lowest BCUT2D eigenvalue weighted by molar-refractivity contribution is -0.118. The number of hydrogen-bond acceptors (Lipinski definition) is 2. The van der Waals surface area contributed by atoms with Crippen LogP contribution in [0.25, 0.3) is 0 Å². The molecule has 0 saturated heterocycles. The molecule has 0 aromatic heterocycles. The number of halogens is 2. The highest BCUT2D eigenvalue weighted by Crippen LogP contribution is 2.33. The average Bonchev–Trinajstić information content (AvgIpc) is 2.56. The van der Waals surface area contributed by atoms with Crippen LogP contribution in [0.15, 0.2) is 53.5 Å². The molecule has 4 nitrogen and oxygen atoms in total. The molecular weight excluding hydrogens is 377 g/mol. The summed E-state index contributed by atoms with van der Waals surface area (Å²) in [5, 5.41) is 7.34. The Labute approximate surface area is 161 Å². The van der Waals surface area contributed by atoms with E-state index in [-0.39, 0.29) is 5.91 Å². The minimum absolute atomic E-state index is 0.228. The second-order valence-electron chi connectivity index (χ2n) is 5.65. The van der Waals surface area contributed by atoms with Gasteiger partial charge >= 0.3 is 0 Å². The van der Waals surface area contributed by atoms with Gasteiger partial charge in [0.2, 0.25) is 5.91 Å². The first kappa shape index (κ1) is 17.9. The zero-order valence-corrected chi connectivity index (χ0v) is 15.6. The van der Waals surface area contributed by atoms with Gasteiger partial charge in [-0.1, -0.05) is 53.5 Å². The first-order chi connectivity index (χ1) is 12.0. The molecule has 2 aromatic carbocycles. The molecule has 0 radical (unpaired) electrons. The standard InChI is InChI=1S/C18H15Cl2N3OS/c1-10-15(17(24)22-14-9-5-4-8-13(14)20)16(23-18(25)21-10)11-6-2-3-7-12(11)19/h2-9,15-16H,1H3,(H,22,24)(H,23,25). The third-order valence-corrected chi connectivity index (χ3v) is 4.88. The van der Waals surface area contributed by atoms with Gasteiger partial charge in [0.25, 0.3) is 0 Å². The van der Waals surface area contributed by atoms with Gasteiger partial charge in [-0.25, -0.2) is 4.99 Å². The highest BCUT2D eigenvalue weighted by Gasteiger charge is 2.36. The number of amides is 1. The molecule has 25 heavy (non-hydrogen) atoms. The largest absolute Gasteiger partial charge is 0.353 e. The van der Waals surface area contributed by atoms with E-state index in [1.165, 1.54) is 0 Å². The van der Waals surface area contributed by atoms with E-state index in [1.54, 1.807) is 31.2 Å². The number of hydrogen-bond donors (Lipinski definition) is 2. The van der Waals surface area contributed by atoms with Crippen LogP contribution in [0.4, 0.5) is 5.69 Å². The van der Waals surface area contributed by atoms with Crippen LogP contribution in [-0.4, -0.2) is 16.7 Å². The number of carbonyl (C=O) groups excluding carboxylic acids is 1. The SMILES string of the molecule is CC1=NC(=S)NC(c2ccccc2Cl)C1C(=O)Nc1ccccc1Cl. The third-order valence-electron chi connectivity index (χ3n) is 3.99. The summed E-state index contributed by atoms with van der Waals surface area (Å²) in [5.74, 6) is -0.794. The Balaban J connectivity index is 1.96. The van der Waals surface area contributed by atoms with Gasteiger partial charge in [0.15, 0.2) is 5.11 Å². The van der Waals surface area contributed by atoms with Crippen molar-refractivity contribution in [3.8, 4) is 0 Å². The molecule has 0 aliphatic carbocycles. The Morgan fingerprint density at radius 2 is 1.76 bits per heavy atom. The van der Waals surface area contributed by atoms with Crippen molar-refractivity contribution in [1.82, 2.24) is 5.32 Å². The molecule has 2 N–H and O–H groups in total. The Kier molecular flexibility index (Phi) is 5.37. The van der Waals surface area contributed by atoms with Crippen molar-refractivity contribution < 1.29 is 4.79 Å². The van der Waals surface area contributed by atoms with Gasteiger partial charge < -0.3 is 10.6 Å². The molecule has 1 amide bonds. The van der Waals surface area contributed by atoms with Crippen LogP contribution < -0.4 is 10.6 Å². The monoisotopic (exact) mass is 391 g/mol. The summed E-state index contributed by atoms with van der Waals surface area (Å²) in [4.78, 5) is 17.2. The van der Waals surface area contributed by atoms with E-state index in [0.29, 0.717) is 26.6 Å². The first-order valence-electron chi connectivity index (χ1n) is 7.63. The predicted octanol–water partition coefficient (Wildman–Crippen LogP) is 4.64. The number of nitrogens with one attached hydrogen (secondary N) is 2. The van der Waals surface area contributed by atoms with Crippen molar-refractivity contribution in [2.75, 3.05) is 5.32 Å². The van der Waals surface area contributed by atoms with Crippen molar-refractivity contribution in [1.29, 1.82) is 0 Å². The van der Waals surface area contributed by atoms with Gasteiger partial charge in [-0.05, 0) is 42.9 Å². The fourth-order valence-electron chi connectivity index (χ4n) is 2.82. The van der Waals surface area contributed by atoms with Gasteiger partial charge in [0.05, 0.1) is 16.8 Å². The lowest BCUT2D eigenvalue weighted by Gasteiger charge is -2.32. The maximum Gasteiger partial charge on any atom is 0.235 e. The lowest BCUT2D eigenvalue weighted by atomic mass is 9.87. The number of aliphatic imine (C=N–C) groups is 1. The highest BCUT2D eigenvalue weighted by atomic mass is 35.5. The van der Waals surface area contributed by atoms with E-state index in [2.05, 4.69) is 15.6 Å². The second kappa shape index (κ2) is 7.52. The molecule has 128 valence electrons. The third kappa shape index (κ3) is 3.84. The van der Waals surface area contributed by atoms with Crippen molar-refractivity contribution in [3.63, 3.8) is 0 Å². The van der Waals surface area contributed by atoms with Gasteiger partial charge in [0.1, 0.15) is 5.92 Å². The van der Waals surface area contributed by atoms with E-state index in [9.17, 15) is 4.79 Å². The molecule has 3 rings (SSSR count). The minimum Gasteiger partial charge on any atom is -0.353 e. The fourth-order valence-corrected chi connectivity index (χ4v) is 3.53. The van der Waals surface area contributed by atoms with E-state index >= 15 is 0 Å². The smallest absolute Gasteiger partial charge is 0.235 e. The number of anilines is 1. The Morgan fingerprint density at radius 1 is 1.12 bits per heavy atom. The number of carbonyl (C=O) groups is 1. The normalized spacial score (nSPS) is 19.8. The molecule has 0 fully saturated rings. The highest BCUT2D eigenvalue weighted by molar-refractivity contribution is 7.80. The summed E-state index contributed by atoms with van der Waals surface area (Å²) in [7, 11) is 0. The molecule has 2 aromatic rings. The summed E-state index contributed by atoms with van der Waals surface area (Å²) in [5.41, 5.74) is 1.96. The van der Waals surface area contributed by atoms with Crippen molar-refractivity contribution in [2.24, 2.45) is 10.9 Å². The Bertz CT molecular complexity index is 869. The van der Waals surface area contributed by atoms with E-state index in [4.69, 9.17) is 35.4 Å². The summed E-state index contributed by atoms with van der Waals surface area (Å²) >= 11 is 17.7. The van der Waals surface area contributed by atoms with Crippen LogP contribution in [0.2, 0.25) is 10.0 Å². The number of benzene rings is 2. The molecule has 0 saturated carbocycles. The maximum atomic E-state index is 13.0. The van der Waals surface area contributed by atoms with Crippen molar-refractivity contribution in [2.45, 2.75) is 13.0 Å². The zero-order valence-electron chi connectivity index (χ0n) is 13.3. The van der Waals surface area contributed by atoms with Crippen LogP contribution in [0.3, 0.4) is 0 Å².